The predicted octanol–water partition coefficient (Wildman–Crippen LogP) is 3.81. The van der Waals surface area contributed by atoms with Crippen LogP contribution >= 0.6 is 15.9 Å². The van der Waals surface area contributed by atoms with Crippen LogP contribution in [0, 0.1) is 5.82 Å². The smallest absolute Gasteiger partial charge is 0.294 e. The van der Waals surface area contributed by atoms with Crippen LogP contribution in [-0.4, -0.2) is 5.78 Å². The minimum atomic E-state index is -4.61. The summed E-state index contributed by atoms with van der Waals surface area (Å²) < 4.78 is 49.7. The third-order valence-corrected chi connectivity index (χ3v) is 2.40. The lowest BCUT2D eigenvalue weighted by molar-refractivity contribution is -0.138. The van der Waals surface area contributed by atoms with Crippen molar-refractivity contribution in [3.63, 3.8) is 0 Å². The van der Waals surface area contributed by atoms with Gasteiger partial charge in [-0.05, 0) is 19.1 Å². The monoisotopic (exact) mass is 284 g/mol. The van der Waals surface area contributed by atoms with Gasteiger partial charge in [0.25, 0.3) is 0 Å². The lowest BCUT2D eigenvalue weighted by atomic mass is 10.1. The second-order valence-electron chi connectivity index (χ2n) is 2.87. The van der Waals surface area contributed by atoms with Crippen LogP contribution < -0.4 is 0 Å². The first-order chi connectivity index (χ1) is 6.73. The van der Waals surface area contributed by atoms with E-state index >= 15 is 0 Å². The summed E-state index contributed by atoms with van der Waals surface area (Å²) in [6, 6.07) is 1.14. The van der Waals surface area contributed by atoms with Crippen LogP contribution in [0.5, 0.6) is 0 Å². The van der Waals surface area contributed by atoms with Crippen molar-refractivity contribution in [1.29, 1.82) is 0 Å². The second kappa shape index (κ2) is 3.92. The Balaban J connectivity index is 3.43. The standard InChI is InChI=1S/C9H5BrF4O/c1-4(15)5-2-6(9(12,13)14)7(10)3-8(5)11/h2-3H,1H3. The van der Waals surface area contributed by atoms with E-state index in [-0.39, 0.29) is 0 Å². The van der Waals surface area contributed by atoms with Crippen molar-refractivity contribution in [2.45, 2.75) is 13.1 Å². The highest BCUT2D eigenvalue weighted by Crippen LogP contribution is 2.36. The maximum absolute atomic E-state index is 13.1. The Kier molecular flexibility index (Phi) is 3.18. The Labute approximate surface area is 91.2 Å². The molecule has 0 unspecified atom stereocenters. The predicted molar refractivity (Wildman–Crippen MR) is 49.1 cm³/mol. The maximum Gasteiger partial charge on any atom is 0.417 e. The number of ketones is 1. The lowest BCUT2D eigenvalue weighted by Crippen LogP contribution is -2.09. The molecule has 0 aliphatic carbocycles. The fraction of sp³-hybridized carbons (Fsp3) is 0.222. The van der Waals surface area contributed by atoms with Gasteiger partial charge in [0.2, 0.25) is 0 Å². The molecule has 1 aromatic carbocycles. The summed E-state index contributed by atoms with van der Waals surface area (Å²) in [6.45, 7) is 1.01. The first-order valence-electron chi connectivity index (χ1n) is 3.80. The van der Waals surface area contributed by atoms with Gasteiger partial charge in [-0.3, -0.25) is 4.79 Å². The number of hydrogen-bond acceptors (Lipinski definition) is 1. The summed E-state index contributed by atoms with van der Waals surface area (Å²) >= 11 is 2.59. The quantitative estimate of drug-likeness (QED) is 0.566. The minimum Gasteiger partial charge on any atom is -0.294 e. The van der Waals surface area contributed by atoms with Crippen molar-refractivity contribution in [3.05, 3.63) is 33.5 Å². The van der Waals surface area contributed by atoms with Crippen molar-refractivity contribution in [2.24, 2.45) is 0 Å². The summed E-state index contributed by atoms with van der Waals surface area (Å²) in [5, 5.41) is 0. The molecule has 0 aliphatic heterocycles. The number of Topliss-reactive ketones (excluding diaryl/α,β-unsaturated/α-hetero) is 1. The Bertz CT molecular complexity index is 411. The number of benzene rings is 1. The van der Waals surface area contributed by atoms with E-state index < -0.39 is 33.4 Å². The van der Waals surface area contributed by atoms with Crippen LogP contribution in [-0.2, 0) is 6.18 Å². The highest BCUT2D eigenvalue weighted by Gasteiger charge is 2.34. The first-order valence-corrected chi connectivity index (χ1v) is 4.60. The fourth-order valence-corrected chi connectivity index (χ4v) is 1.58. The number of halogens is 5. The largest absolute Gasteiger partial charge is 0.417 e. The highest BCUT2D eigenvalue weighted by molar-refractivity contribution is 9.10. The van der Waals surface area contributed by atoms with Gasteiger partial charge in [-0.1, -0.05) is 15.9 Å². The van der Waals surface area contributed by atoms with Gasteiger partial charge in [0.05, 0.1) is 11.1 Å². The zero-order chi connectivity index (χ0) is 11.8. The van der Waals surface area contributed by atoms with Crippen LogP contribution in [0.25, 0.3) is 0 Å². The van der Waals surface area contributed by atoms with E-state index in [1.54, 1.807) is 0 Å². The zero-order valence-electron chi connectivity index (χ0n) is 7.45. The normalized spacial score (nSPS) is 11.6. The number of hydrogen-bond donors (Lipinski definition) is 0. The molecule has 1 aromatic rings. The Morgan fingerprint density at radius 2 is 1.87 bits per heavy atom. The molecule has 0 N–H and O–H groups in total. The molecule has 0 atom stereocenters. The van der Waals surface area contributed by atoms with E-state index in [1.165, 1.54) is 0 Å². The summed E-state index contributed by atoms with van der Waals surface area (Å²) in [5.41, 5.74) is -1.63. The van der Waals surface area contributed by atoms with Crippen LogP contribution in [0.1, 0.15) is 22.8 Å². The zero-order valence-corrected chi connectivity index (χ0v) is 9.04. The van der Waals surface area contributed by atoms with Gasteiger partial charge in [0.15, 0.2) is 5.78 Å². The molecule has 0 saturated carbocycles. The van der Waals surface area contributed by atoms with Crippen LogP contribution in [0.2, 0.25) is 0 Å². The first kappa shape index (κ1) is 12.2. The summed E-state index contributed by atoms with van der Waals surface area (Å²) in [7, 11) is 0. The average Bonchev–Trinajstić information content (AvgIpc) is 2.00. The molecule has 0 fully saturated rings. The van der Waals surface area contributed by atoms with Crippen molar-refractivity contribution in [1.82, 2.24) is 0 Å². The molecule has 0 radical (unpaired) electrons. The summed E-state index contributed by atoms with van der Waals surface area (Å²) in [6.07, 6.45) is -4.61. The van der Waals surface area contributed by atoms with E-state index in [2.05, 4.69) is 15.9 Å². The van der Waals surface area contributed by atoms with E-state index in [9.17, 15) is 22.4 Å². The number of carbonyl (C=O) groups excluding carboxylic acids is 1. The van der Waals surface area contributed by atoms with Gasteiger partial charge >= 0.3 is 6.18 Å². The highest BCUT2D eigenvalue weighted by atomic mass is 79.9. The van der Waals surface area contributed by atoms with Gasteiger partial charge in [-0.25, -0.2) is 4.39 Å². The molecular weight excluding hydrogens is 280 g/mol. The molecule has 1 rings (SSSR count). The Hall–Kier alpha value is -0.910. The minimum absolute atomic E-state index is 0.419. The van der Waals surface area contributed by atoms with Crippen LogP contribution in [0.15, 0.2) is 16.6 Å². The van der Waals surface area contributed by atoms with Crippen LogP contribution in [0.3, 0.4) is 0 Å². The SMILES string of the molecule is CC(=O)c1cc(C(F)(F)F)c(Br)cc1F. The van der Waals surface area contributed by atoms with Gasteiger partial charge < -0.3 is 0 Å². The second-order valence-corrected chi connectivity index (χ2v) is 3.72. The fourth-order valence-electron chi connectivity index (χ4n) is 1.04. The molecule has 15 heavy (non-hydrogen) atoms. The van der Waals surface area contributed by atoms with E-state index in [0.29, 0.717) is 12.1 Å². The molecule has 6 heteroatoms. The molecule has 0 heterocycles. The Morgan fingerprint density at radius 3 is 2.27 bits per heavy atom. The molecule has 0 aliphatic rings. The molecule has 0 amide bonds. The summed E-state index contributed by atoms with van der Waals surface area (Å²) in [4.78, 5) is 10.8. The molecule has 0 spiro atoms. The molecule has 1 nitrogen and oxygen atoms in total. The van der Waals surface area contributed by atoms with Crippen molar-refractivity contribution >= 4 is 21.7 Å². The number of carbonyl (C=O) groups is 1. The van der Waals surface area contributed by atoms with Crippen molar-refractivity contribution < 1.29 is 22.4 Å². The molecular formula is C9H5BrF4O. The maximum atomic E-state index is 13.1. The van der Waals surface area contributed by atoms with Gasteiger partial charge in [-0.2, -0.15) is 13.2 Å². The lowest BCUT2D eigenvalue weighted by Gasteiger charge is -2.10. The molecule has 0 bridgehead atoms. The van der Waals surface area contributed by atoms with Crippen LogP contribution in [0.4, 0.5) is 17.6 Å². The van der Waals surface area contributed by atoms with Gasteiger partial charge in [-0.15, -0.1) is 0 Å². The average molecular weight is 285 g/mol. The number of rotatable bonds is 1. The molecule has 0 saturated heterocycles. The van der Waals surface area contributed by atoms with E-state index in [4.69, 9.17) is 0 Å². The van der Waals surface area contributed by atoms with E-state index in [1.807, 2.05) is 0 Å². The number of alkyl halides is 3. The molecule has 82 valence electrons. The van der Waals surface area contributed by atoms with Gasteiger partial charge in [0, 0.05) is 4.47 Å². The third-order valence-electron chi connectivity index (χ3n) is 1.74. The topological polar surface area (TPSA) is 17.1 Å². The van der Waals surface area contributed by atoms with Crippen molar-refractivity contribution in [2.75, 3.05) is 0 Å². The van der Waals surface area contributed by atoms with E-state index in [0.717, 1.165) is 6.92 Å². The summed E-state index contributed by atoms with van der Waals surface area (Å²) in [5.74, 6) is -1.71. The van der Waals surface area contributed by atoms with Crippen molar-refractivity contribution in [3.8, 4) is 0 Å². The molecule has 0 aromatic heterocycles. The third kappa shape index (κ3) is 2.56. The van der Waals surface area contributed by atoms with Gasteiger partial charge in [0.1, 0.15) is 5.82 Å². The Morgan fingerprint density at radius 1 is 1.33 bits per heavy atom.